The second-order valence-electron chi connectivity index (χ2n) is 5.99. The summed E-state index contributed by atoms with van der Waals surface area (Å²) in [6, 6.07) is 12.2. The molecule has 0 radical (unpaired) electrons. The Morgan fingerprint density at radius 1 is 1.30 bits per heavy atom. The van der Waals surface area contributed by atoms with Gasteiger partial charge in [0.2, 0.25) is 0 Å². The summed E-state index contributed by atoms with van der Waals surface area (Å²) in [7, 11) is 0. The Morgan fingerprint density at radius 2 is 2.13 bits per heavy atom. The van der Waals surface area contributed by atoms with Gasteiger partial charge in [-0.25, -0.2) is 0 Å². The summed E-state index contributed by atoms with van der Waals surface area (Å²) in [5.41, 5.74) is 8.19. The van der Waals surface area contributed by atoms with E-state index in [9.17, 15) is 0 Å². The topological polar surface area (TPSA) is 66.8 Å². The highest BCUT2D eigenvalue weighted by Gasteiger charge is 2.25. The van der Waals surface area contributed by atoms with E-state index in [0.717, 1.165) is 24.5 Å². The molecule has 2 aromatic rings. The largest absolute Gasteiger partial charge is 0.468 e. The molecule has 1 aromatic heterocycles. The number of nitrogens with two attached hydrogens (primary N) is 1. The first-order valence-corrected chi connectivity index (χ1v) is 8.13. The molecule has 23 heavy (non-hydrogen) atoms. The lowest BCUT2D eigenvalue weighted by molar-refractivity contribution is 0.221. The number of aliphatic imine (C=N–C) groups is 1. The van der Waals surface area contributed by atoms with E-state index in [2.05, 4.69) is 28.2 Å². The molecule has 122 valence electrons. The molecule has 2 heterocycles. The third-order valence-electron chi connectivity index (χ3n) is 4.18. The van der Waals surface area contributed by atoms with Crippen LogP contribution >= 0.6 is 0 Å². The first-order valence-electron chi connectivity index (χ1n) is 8.13. The van der Waals surface area contributed by atoms with Crippen LogP contribution in [0.5, 0.6) is 0 Å². The SMILES string of the molecule is Cc1cccc(NC(N)=NCC(c2ccco2)N2CCCC2)c1. The van der Waals surface area contributed by atoms with Gasteiger partial charge >= 0.3 is 0 Å². The highest BCUT2D eigenvalue weighted by Crippen LogP contribution is 2.25. The van der Waals surface area contributed by atoms with Crippen molar-refractivity contribution in [1.29, 1.82) is 0 Å². The van der Waals surface area contributed by atoms with E-state index in [4.69, 9.17) is 10.2 Å². The third kappa shape index (κ3) is 4.13. The molecule has 0 spiro atoms. The lowest BCUT2D eigenvalue weighted by Crippen LogP contribution is -2.30. The van der Waals surface area contributed by atoms with Crippen LogP contribution in [0.1, 0.15) is 30.2 Å². The van der Waals surface area contributed by atoms with Gasteiger partial charge in [0.1, 0.15) is 5.76 Å². The van der Waals surface area contributed by atoms with E-state index >= 15 is 0 Å². The molecule has 0 saturated carbocycles. The number of furan rings is 1. The maximum Gasteiger partial charge on any atom is 0.193 e. The maximum atomic E-state index is 6.05. The average molecular weight is 312 g/mol. The number of hydrogen-bond donors (Lipinski definition) is 2. The van der Waals surface area contributed by atoms with E-state index in [0.29, 0.717) is 12.5 Å². The van der Waals surface area contributed by atoms with Crippen LogP contribution in [0.3, 0.4) is 0 Å². The molecular formula is C18H24N4O. The van der Waals surface area contributed by atoms with Crippen molar-refractivity contribution in [3.8, 4) is 0 Å². The fourth-order valence-corrected chi connectivity index (χ4v) is 3.01. The smallest absolute Gasteiger partial charge is 0.193 e. The van der Waals surface area contributed by atoms with Crippen LogP contribution in [0.15, 0.2) is 52.1 Å². The molecule has 1 aromatic carbocycles. The molecule has 1 saturated heterocycles. The molecular weight excluding hydrogens is 288 g/mol. The number of nitrogens with zero attached hydrogens (tertiary/aromatic N) is 2. The molecule has 5 heteroatoms. The van der Waals surface area contributed by atoms with Gasteiger partial charge in [-0.2, -0.15) is 0 Å². The number of likely N-dealkylation sites (tertiary alicyclic amines) is 1. The predicted molar refractivity (Wildman–Crippen MR) is 93.5 cm³/mol. The minimum atomic E-state index is 0.158. The quantitative estimate of drug-likeness (QED) is 0.657. The summed E-state index contributed by atoms with van der Waals surface area (Å²) < 4.78 is 5.60. The summed E-state index contributed by atoms with van der Waals surface area (Å²) >= 11 is 0. The zero-order chi connectivity index (χ0) is 16.1. The van der Waals surface area contributed by atoms with Crippen molar-refractivity contribution < 1.29 is 4.42 Å². The minimum Gasteiger partial charge on any atom is -0.468 e. The fourth-order valence-electron chi connectivity index (χ4n) is 3.01. The second-order valence-corrected chi connectivity index (χ2v) is 5.99. The average Bonchev–Trinajstić information content (AvgIpc) is 3.21. The molecule has 1 unspecified atom stereocenters. The first kappa shape index (κ1) is 15.6. The molecule has 0 bridgehead atoms. The van der Waals surface area contributed by atoms with Crippen LogP contribution in [0.2, 0.25) is 0 Å². The standard InChI is InChI=1S/C18H24N4O/c1-14-6-4-7-15(12-14)21-18(19)20-13-16(17-8-5-11-23-17)22-9-2-3-10-22/h4-8,11-12,16H,2-3,9-10,13H2,1H3,(H3,19,20,21). The van der Waals surface area contributed by atoms with Crippen LogP contribution in [0.25, 0.3) is 0 Å². The van der Waals surface area contributed by atoms with E-state index in [1.54, 1.807) is 6.26 Å². The van der Waals surface area contributed by atoms with Crippen molar-refractivity contribution in [3.63, 3.8) is 0 Å². The summed E-state index contributed by atoms with van der Waals surface area (Å²) in [5, 5.41) is 3.15. The molecule has 1 fully saturated rings. The van der Waals surface area contributed by atoms with Crippen LogP contribution in [-0.4, -0.2) is 30.5 Å². The highest BCUT2D eigenvalue weighted by molar-refractivity contribution is 5.92. The number of guanidine groups is 1. The number of anilines is 1. The Kier molecular flexibility index (Phi) is 4.98. The van der Waals surface area contributed by atoms with Crippen LogP contribution in [0, 0.1) is 6.92 Å². The van der Waals surface area contributed by atoms with Crippen molar-refractivity contribution in [2.24, 2.45) is 10.7 Å². The monoisotopic (exact) mass is 312 g/mol. The van der Waals surface area contributed by atoms with Gasteiger partial charge in [0.25, 0.3) is 0 Å². The van der Waals surface area contributed by atoms with Crippen molar-refractivity contribution in [3.05, 3.63) is 54.0 Å². The van der Waals surface area contributed by atoms with Gasteiger partial charge in [0, 0.05) is 5.69 Å². The van der Waals surface area contributed by atoms with Gasteiger partial charge in [-0.1, -0.05) is 12.1 Å². The molecule has 3 N–H and O–H groups in total. The second kappa shape index (κ2) is 7.33. The minimum absolute atomic E-state index is 0.158. The van der Waals surface area contributed by atoms with E-state index in [-0.39, 0.29) is 6.04 Å². The van der Waals surface area contributed by atoms with Crippen LogP contribution in [0.4, 0.5) is 5.69 Å². The van der Waals surface area contributed by atoms with Gasteiger partial charge in [-0.3, -0.25) is 9.89 Å². The highest BCUT2D eigenvalue weighted by atomic mass is 16.3. The zero-order valence-corrected chi connectivity index (χ0v) is 13.5. The maximum absolute atomic E-state index is 6.05. The lowest BCUT2D eigenvalue weighted by Gasteiger charge is -2.24. The number of nitrogens with one attached hydrogen (secondary N) is 1. The Morgan fingerprint density at radius 3 is 2.83 bits per heavy atom. The summed E-state index contributed by atoms with van der Waals surface area (Å²) in [5.74, 6) is 1.39. The van der Waals surface area contributed by atoms with E-state index in [1.807, 2.05) is 30.3 Å². The van der Waals surface area contributed by atoms with Crippen molar-refractivity contribution in [2.75, 3.05) is 25.0 Å². The van der Waals surface area contributed by atoms with Crippen molar-refractivity contribution in [2.45, 2.75) is 25.8 Å². The molecule has 1 aliphatic rings. The summed E-state index contributed by atoms with van der Waals surface area (Å²) in [6.45, 7) is 4.83. The van der Waals surface area contributed by atoms with Crippen molar-refractivity contribution >= 4 is 11.6 Å². The summed E-state index contributed by atoms with van der Waals surface area (Å²) in [4.78, 5) is 6.95. The third-order valence-corrected chi connectivity index (χ3v) is 4.18. The Labute approximate surface area is 137 Å². The number of benzene rings is 1. The van der Waals surface area contributed by atoms with E-state index in [1.165, 1.54) is 18.4 Å². The first-order chi connectivity index (χ1) is 11.2. The number of hydrogen-bond acceptors (Lipinski definition) is 3. The van der Waals surface area contributed by atoms with E-state index < -0.39 is 0 Å². The summed E-state index contributed by atoms with van der Waals surface area (Å²) in [6.07, 6.45) is 4.19. The van der Waals surface area contributed by atoms with Gasteiger partial charge in [0.05, 0.1) is 18.8 Å². The number of rotatable bonds is 5. The van der Waals surface area contributed by atoms with Crippen LogP contribution < -0.4 is 11.1 Å². The Balaban J connectivity index is 1.67. The van der Waals surface area contributed by atoms with Crippen molar-refractivity contribution in [1.82, 2.24) is 4.90 Å². The van der Waals surface area contributed by atoms with Gasteiger partial charge < -0.3 is 15.5 Å². The molecule has 5 nitrogen and oxygen atoms in total. The predicted octanol–water partition coefficient (Wildman–Crippen LogP) is 3.15. The molecule has 1 aliphatic heterocycles. The molecule has 0 aliphatic carbocycles. The Hall–Kier alpha value is -2.27. The molecule has 1 atom stereocenters. The normalized spacial score (nSPS) is 17.3. The molecule has 0 amide bonds. The zero-order valence-electron chi connectivity index (χ0n) is 13.5. The van der Waals surface area contributed by atoms with Gasteiger partial charge in [0.15, 0.2) is 5.96 Å². The Bertz CT molecular complexity index is 645. The fraction of sp³-hybridized carbons (Fsp3) is 0.389. The number of aryl methyl sites for hydroxylation is 1. The lowest BCUT2D eigenvalue weighted by atomic mass is 10.2. The van der Waals surface area contributed by atoms with Gasteiger partial charge in [-0.15, -0.1) is 0 Å². The molecule has 3 rings (SSSR count). The van der Waals surface area contributed by atoms with Gasteiger partial charge in [-0.05, 0) is 62.7 Å². The van der Waals surface area contributed by atoms with Crippen LogP contribution in [-0.2, 0) is 0 Å².